The SMILES string of the molecule is O=C1NCN(S)c2ccccc21. The Bertz CT molecular complexity index is 327. The number of amides is 1. The molecule has 1 heterocycles. The minimum absolute atomic E-state index is 0.0316. The minimum atomic E-state index is -0.0316. The number of para-hydroxylation sites is 1. The summed E-state index contributed by atoms with van der Waals surface area (Å²) in [6.45, 7) is 0.457. The van der Waals surface area contributed by atoms with Crippen molar-refractivity contribution in [2.45, 2.75) is 0 Å². The van der Waals surface area contributed by atoms with Crippen LogP contribution in [0, 0.1) is 0 Å². The zero-order chi connectivity index (χ0) is 8.55. The number of fused-ring (bicyclic) bond motifs is 1. The van der Waals surface area contributed by atoms with Crippen LogP contribution in [0.3, 0.4) is 0 Å². The summed E-state index contributed by atoms with van der Waals surface area (Å²) in [5.41, 5.74) is 1.54. The van der Waals surface area contributed by atoms with E-state index in [-0.39, 0.29) is 5.91 Å². The van der Waals surface area contributed by atoms with Gasteiger partial charge in [-0.15, -0.1) is 0 Å². The van der Waals surface area contributed by atoms with E-state index in [1.807, 2.05) is 18.2 Å². The van der Waals surface area contributed by atoms with E-state index in [1.54, 1.807) is 10.4 Å². The summed E-state index contributed by atoms with van der Waals surface area (Å²) in [6, 6.07) is 7.39. The van der Waals surface area contributed by atoms with Gasteiger partial charge in [0.1, 0.15) is 6.67 Å². The molecule has 1 aliphatic heterocycles. The molecule has 0 saturated carbocycles. The van der Waals surface area contributed by atoms with Gasteiger partial charge in [0, 0.05) is 0 Å². The van der Waals surface area contributed by atoms with Gasteiger partial charge in [0.05, 0.1) is 11.3 Å². The lowest BCUT2D eigenvalue weighted by Gasteiger charge is -2.25. The molecule has 4 heteroatoms. The van der Waals surface area contributed by atoms with Crippen LogP contribution in [0.2, 0.25) is 0 Å². The van der Waals surface area contributed by atoms with Gasteiger partial charge in [-0.2, -0.15) is 0 Å². The molecule has 0 fully saturated rings. The lowest BCUT2D eigenvalue weighted by molar-refractivity contribution is 0.0951. The standard InChI is InChI=1S/C8H8N2OS/c11-8-6-3-1-2-4-7(6)10(12)5-9-8/h1-4,12H,5H2,(H,9,11). The van der Waals surface area contributed by atoms with Crippen molar-refractivity contribution >= 4 is 24.4 Å². The molecule has 0 saturated heterocycles. The Hall–Kier alpha value is -1.16. The van der Waals surface area contributed by atoms with E-state index in [9.17, 15) is 4.79 Å². The number of hydrogen-bond acceptors (Lipinski definition) is 3. The largest absolute Gasteiger partial charge is 0.334 e. The highest BCUT2D eigenvalue weighted by Crippen LogP contribution is 2.23. The number of benzene rings is 1. The predicted octanol–water partition coefficient (Wildman–Crippen LogP) is 1.04. The van der Waals surface area contributed by atoms with Crippen molar-refractivity contribution in [3.8, 4) is 0 Å². The number of anilines is 1. The first-order chi connectivity index (χ1) is 5.79. The average molecular weight is 180 g/mol. The molecule has 0 bridgehead atoms. The van der Waals surface area contributed by atoms with Crippen molar-refractivity contribution in [3.63, 3.8) is 0 Å². The Morgan fingerprint density at radius 2 is 2.17 bits per heavy atom. The lowest BCUT2D eigenvalue weighted by Crippen LogP contribution is -2.38. The third kappa shape index (κ3) is 1.04. The van der Waals surface area contributed by atoms with Crippen LogP contribution in [-0.2, 0) is 0 Å². The molecule has 1 aliphatic rings. The normalized spacial score (nSPS) is 15.4. The van der Waals surface area contributed by atoms with Gasteiger partial charge < -0.3 is 5.32 Å². The molecule has 1 N–H and O–H groups in total. The summed E-state index contributed by atoms with van der Waals surface area (Å²) in [5, 5.41) is 2.70. The van der Waals surface area contributed by atoms with Crippen molar-refractivity contribution in [2.24, 2.45) is 0 Å². The third-order valence-electron chi connectivity index (χ3n) is 1.82. The summed E-state index contributed by atoms with van der Waals surface area (Å²) in [6.07, 6.45) is 0. The Kier molecular flexibility index (Phi) is 1.69. The van der Waals surface area contributed by atoms with E-state index in [4.69, 9.17) is 0 Å². The van der Waals surface area contributed by atoms with Crippen LogP contribution >= 0.6 is 12.8 Å². The summed E-state index contributed by atoms with van der Waals surface area (Å²) >= 11 is 4.20. The highest BCUT2D eigenvalue weighted by Gasteiger charge is 2.19. The summed E-state index contributed by atoms with van der Waals surface area (Å²) in [4.78, 5) is 11.3. The summed E-state index contributed by atoms with van der Waals surface area (Å²) in [5.74, 6) is -0.0316. The van der Waals surface area contributed by atoms with Gasteiger partial charge in [-0.05, 0) is 12.1 Å². The smallest absolute Gasteiger partial charge is 0.254 e. The van der Waals surface area contributed by atoms with Gasteiger partial charge in [-0.3, -0.25) is 9.10 Å². The molecule has 0 atom stereocenters. The number of rotatable bonds is 0. The number of carbonyl (C=O) groups is 1. The van der Waals surface area contributed by atoms with Gasteiger partial charge >= 0.3 is 0 Å². The zero-order valence-corrected chi connectivity index (χ0v) is 7.21. The number of hydrogen-bond donors (Lipinski definition) is 2. The molecular weight excluding hydrogens is 172 g/mol. The maximum absolute atomic E-state index is 11.3. The molecule has 62 valence electrons. The zero-order valence-electron chi connectivity index (χ0n) is 6.32. The lowest BCUT2D eigenvalue weighted by atomic mass is 10.1. The van der Waals surface area contributed by atoms with Crippen LogP contribution in [0.5, 0.6) is 0 Å². The van der Waals surface area contributed by atoms with E-state index < -0.39 is 0 Å². The number of nitrogens with zero attached hydrogens (tertiary/aromatic N) is 1. The highest BCUT2D eigenvalue weighted by atomic mass is 32.1. The summed E-state index contributed by atoms with van der Waals surface area (Å²) < 4.78 is 1.71. The molecule has 1 amide bonds. The second-order valence-corrected chi connectivity index (χ2v) is 3.06. The van der Waals surface area contributed by atoms with E-state index in [0.717, 1.165) is 5.69 Å². The fourth-order valence-electron chi connectivity index (χ4n) is 1.22. The van der Waals surface area contributed by atoms with Crippen molar-refractivity contribution in [3.05, 3.63) is 29.8 Å². The fourth-order valence-corrected chi connectivity index (χ4v) is 1.46. The third-order valence-corrected chi connectivity index (χ3v) is 2.17. The van der Waals surface area contributed by atoms with Crippen molar-refractivity contribution in [1.29, 1.82) is 0 Å². The van der Waals surface area contributed by atoms with E-state index >= 15 is 0 Å². The monoisotopic (exact) mass is 180 g/mol. The predicted molar refractivity (Wildman–Crippen MR) is 50.2 cm³/mol. The van der Waals surface area contributed by atoms with Gasteiger partial charge in [-0.25, -0.2) is 0 Å². The maximum atomic E-state index is 11.3. The Balaban J connectivity index is 2.55. The molecule has 2 rings (SSSR count). The molecule has 0 radical (unpaired) electrons. The Labute approximate surface area is 75.9 Å². The van der Waals surface area contributed by atoms with E-state index in [1.165, 1.54) is 0 Å². The van der Waals surface area contributed by atoms with E-state index in [2.05, 4.69) is 18.1 Å². The first-order valence-corrected chi connectivity index (χ1v) is 4.02. The van der Waals surface area contributed by atoms with Gasteiger partial charge in [0.25, 0.3) is 5.91 Å². The topological polar surface area (TPSA) is 32.3 Å². The molecule has 0 unspecified atom stereocenters. The Morgan fingerprint density at radius 1 is 1.42 bits per heavy atom. The van der Waals surface area contributed by atoms with E-state index in [0.29, 0.717) is 12.2 Å². The highest BCUT2D eigenvalue weighted by molar-refractivity contribution is 7.81. The van der Waals surface area contributed by atoms with Crippen molar-refractivity contribution in [2.75, 3.05) is 11.0 Å². The van der Waals surface area contributed by atoms with Crippen LogP contribution in [0.15, 0.2) is 24.3 Å². The van der Waals surface area contributed by atoms with Crippen LogP contribution in [0.4, 0.5) is 5.69 Å². The van der Waals surface area contributed by atoms with Crippen LogP contribution in [-0.4, -0.2) is 12.6 Å². The average Bonchev–Trinajstić information content (AvgIpc) is 2.12. The molecule has 12 heavy (non-hydrogen) atoms. The van der Waals surface area contributed by atoms with Gasteiger partial charge in [0.15, 0.2) is 0 Å². The molecule has 3 nitrogen and oxygen atoms in total. The number of nitrogens with one attached hydrogen (secondary N) is 1. The second kappa shape index (κ2) is 2.71. The number of thiol groups is 1. The minimum Gasteiger partial charge on any atom is -0.334 e. The van der Waals surface area contributed by atoms with Crippen molar-refractivity contribution < 1.29 is 4.79 Å². The van der Waals surface area contributed by atoms with Crippen LogP contribution < -0.4 is 9.62 Å². The summed E-state index contributed by atoms with van der Waals surface area (Å²) in [7, 11) is 0. The van der Waals surface area contributed by atoms with Crippen LogP contribution in [0.1, 0.15) is 10.4 Å². The van der Waals surface area contributed by atoms with Crippen LogP contribution in [0.25, 0.3) is 0 Å². The molecule has 1 aromatic carbocycles. The first kappa shape index (κ1) is 7.49. The molecule has 0 aliphatic carbocycles. The molecule has 0 aromatic heterocycles. The fraction of sp³-hybridized carbons (Fsp3) is 0.125. The van der Waals surface area contributed by atoms with Gasteiger partial charge in [0.2, 0.25) is 0 Å². The molecular formula is C8H8N2OS. The van der Waals surface area contributed by atoms with Gasteiger partial charge in [-0.1, -0.05) is 24.9 Å². The van der Waals surface area contributed by atoms with Crippen molar-refractivity contribution in [1.82, 2.24) is 5.32 Å². The quantitative estimate of drug-likeness (QED) is 0.585. The molecule has 0 spiro atoms. The first-order valence-electron chi connectivity index (χ1n) is 3.62. The molecule has 1 aromatic rings. The maximum Gasteiger partial charge on any atom is 0.254 e. The number of carbonyl (C=O) groups excluding carboxylic acids is 1. The second-order valence-electron chi connectivity index (χ2n) is 2.58. The Morgan fingerprint density at radius 3 is 2.92 bits per heavy atom.